The highest BCUT2D eigenvalue weighted by molar-refractivity contribution is 6.01. The molecule has 266 valence electrons. The van der Waals surface area contributed by atoms with Gasteiger partial charge in [-0.15, -0.1) is 0 Å². The molecule has 10 nitrogen and oxygen atoms in total. The molecule has 0 atom stereocenters. The first-order valence-electron chi connectivity index (χ1n) is 14.5. The number of carboxylic acid groups (broad SMARTS) is 2. The lowest BCUT2D eigenvalue weighted by atomic mass is 9.86. The fraction of sp³-hybridized carbons (Fsp3) is 0.235. The maximum Gasteiger partial charge on any atom is 0.421 e. The molecule has 0 fully saturated rings. The van der Waals surface area contributed by atoms with Gasteiger partial charge in [0.25, 0.3) is 0 Å². The van der Waals surface area contributed by atoms with Gasteiger partial charge in [-0.25, -0.2) is 0 Å². The van der Waals surface area contributed by atoms with Crippen molar-refractivity contribution in [2.24, 2.45) is 0 Å². The van der Waals surface area contributed by atoms with E-state index in [0.29, 0.717) is 0 Å². The molecule has 0 saturated carbocycles. The average Bonchev–Trinajstić information content (AvgIpc) is 2.96. The Labute approximate surface area is 281 Å². The highest BCUT2D eigenvalue weighted by Gasteiger charge is 2.39. The normalized spacial score (nSPS) is 12.2. The van der Waals surface area contributed by atoms with Crippen LogP contribution in [0.5, 0.6) is 23.0 Å². The number of nitrogens with one attached hydrogen (secondary N) is 2. The Bertz CT molecular complexity index is 1830. The van der Waals surface area contributed by atoms with E-state index in [9.17, 15) is 45.5 Å². The van der Waals surface area contributed by atoms with E-state index in [1.54, 1.807) is 20.8 Å². The Morgan fingerprint density at radius 3 is 1.50 bits per heavy atom. The molecule has 0 spiro atoms. The van der Waals surface area contributed by atoms with Gasteiger partial charge in [0, 0.05) is 5.56 Å². The van der Waals surface area contributed by atoms with Crippen LogP contribution in [-0.2, 0) is 36.9 Å². The molecule has 0 saturated heterocycles. The summed E-state index contributed by atoms with van der Waals surface area (Å²) in [5, 5.41) is 21.5. The number of amides is 2. The van der Waals surface area contributed by atoms with Gasteiger partial charge in [0.2, 0.25) is 11.8 Å². The Kier molecular flexibility index (Phi) is 12.1. The maximum atomic E-state index is 14.3. The molecule has 0 bridgehead atoms. The van der Waals surface area contributed by atoms with Crippen molar-refractivity contribution >= 4 is 35.1 Å². The van der Waals surface area contributed by atoms with Gasteiger partial charge in [0.1, 0.15) is 34.1 Å². The van der Waals surface area contributed by atoms with E-state index in [4.69, 9.17) is 19.7 Å². The second kappa shape index (κ2) is 15.6. The third-order valence-corrected chi connectivity index (χ3v) is 6.47. The third-order valence-electron chi connectivity index (χ3n) is 6.47. The summed E-state index contributed by atoms with van der Waals surface area (Å²) in [6.45, 7) is 5.00. The molecule has 0 aliphatic rings. The first-order valence-corrected chi connectivity index (χ1v) is 14.5. The number of aliphatic carboxylic acids is 2. The number of carboxylic acids is 2. The molecular formula is C34H30F6N2O8. The predicted molar refractivity (Wildman–Crippen MR) is 168 cm³/mol. The molecule has 0 aliphatic heterocycles. The Hall–Kier alpha value is -5.80. The highest BCUT2D eigenvalue weighted by Crippen LogP contribution is 2.46. The van der Waals surface area contributed by atoms with Crippen LogP contribution in [0, 0.1) is 0 Å². The lowest BCUT2D eigenvalue weighted by molar-refractivity contribution is -0.139. The summed E-state index contributed by atoms with van der Waals surface area (Å²) >= 11 is 0. The number of halogens is 6. The van der Waals surface area contributed by atoms with Gasteiger partial charge in [-0.05, 0) is 60.0 Å². The van der Waals surface area contributed by atoms with E-state index < -0.39 is 88.4 Å². The molecule has 4 N–H and O–H groups in total. The van der Waals surface area contributed by atoms with Crippen molar-refractivity contribution in [1.82, 2.24) is 0 Å². The van der Waals surface area contributed by atoms with Gasteiger partial charge in [-0.2, -0.15) is 26.3 Å². The van der Waals surface area contributed by atoms with E-state index >= 15 is 0 Å². The number of rotatable bonds is 12. The van der Waals surface area contributed by atoms with Gasteiger partial charge in [0.15, 0.2) is 0 Å². The summed E-state index contributed by atoms with van der Waals surface area (Å²) in [5.41, 5.74) is -4.73. The zero-order valence-electron chi connectivity index (χ0n) is 26.5. The van der Waals surface area contributed by atoms with Crippen LogP contribution >= 0.6 is 0 Å². The van der Waals surface area contributed by atoms with Crippen molar-refractivity contribution in [3.8, 4) is 23.0 Å². The number of alkyl halides is 6. The van der Waals surface area contributed by atoms with Gasteiger partial charge in [0.05, 0.1) is 24.2 Å². The molecular weight excluding hydrogens is 678 g/mol. The van der Waals surface area contributed by atoms with Crippen molar-refractivity contribution in [3.05, 3.63) is 95.6 Å². The summed E-state index contributed by atoms with van der Waals surface area (Å²) in [4.78, 5) is 45.7. The fourth-order valence-corrected chi connectivity index (χ4v) is 4.40. The van der Waals surface area contributed by atoms with Gasteiger partial charge in [-0.3, -0.25) is 19.2 Å². The average molecular weight is 709 g/mol. The van der Waals surface area contributed by atoms with Crippen molar-refractivity contribution in [2.45, 2.75) is 51.4 Å². The minimum Gasteiger partial charge on any atom is -0.481 e. The standard InChI is InChI=1S/C34H30F6N2O8/c1-32(2,3)20-18-19(49-24-10-4-8-21(30(24)33(35,36)37)41-26(43)12-6-14-28(45)46)16-17-23(20)50-25-11-5-9-22(31(25)34(38,39)40)42-27(44)13-7-15-29(47)48/h4-13,16-18H,14-15H2,1-3H3,(H,41,43)(H,42,44)(H,45,46)(H,47,48). The molecule has 2 amide bonds. The maximum absolute atomic E-state index is 14.3. The number of benzene rings is 3. The Morgan fingerprint density at radius 1 is 0.660 bits per heavy atom. The molecule has 0 aliphatic carbocycles. The second-order valence-corrected chi connectivity index (χ2v) is 11.4. The van der Waals surface area contributed by atoms with E-state index in [1.165, 1.54) is 24.3 Å². The molecule has 0 aromatic heterocycles. The van der Waals surface area contributed by atoms with Crippen LogP contribution in [-0.4, -0.2) is 34.0 Å². The fourth-order valence-electron chi connectivity index (χ4n) is 4.40. The van der Waals surface area contributed by atoms with Gasteiger partial charge in [-0.1, -0.05) is 45.1 Å². The topological polar surface area (TPSA) is 151 Å². The number of anilines is 2. The summed E-state index contributed by atoms with van der Waals surface area (Å²) in [6.07, 6.45) is -7.71. The molecule has 3 rings (SSSR count). The SMILES string of the molecule is CC(C)(C)c1cc(Oc2cccc(NC(=O)C=CCC(=O)O)c2C(F)(F)F)ccc1Oc1cccc(NC(=O)C=CCC(=O)O)c1C(F)(F)F. The quantitative estimate of drug-likeness (QED) is 0.108. The highest BCUT2D eigenvalue weighted by atomic mass is 19.4. The molecule has 50 heavy (non-hydrogen) atoms. The number of carbonyl (C=O) groups is 4. The Morgan fingerprint density at radius 2 is 1.10 bits per heavy atom. The van der Waals surface area contributed by atoms with Crippen LogP contribution in [0.15, 0.2) is 78.9 Å². The lowest BCUT2D eigenvalue weighted by Crippen LogP contribution is -2.17. The number of hydrogen-bond acceptors (Lipinski definition) is 6. The summed E-state index contributed by atoms with van der Waals surface area (Å²) in [7, 11) is 0. The third kappa shape index (κ3) is 10.9. The molecule has 3 aromatic carbocycles. The van der Waals surface area contributed by atoms with Gasteiger partial charge < -0.3 is 30.3 Å². The van der Waals surface area contributed by atoms with E-state index in [1.807, 2.05) is 0 Å². The zero-order valence-corrected chi connectivity index (χ0v) is 26.5. The number of ether oxygens (including phenoxy) is 2. The predicted octanol–water partition coefficient (Wildman–Crippen LogP) is 8.55. The lowest BCUT2D eigenvalue weighted by Gasteiger charge is -2.25. The van der Waals surface area contributed by atoms with Crippen LogP contribution in [0.3, 0.4) is 0 Å². The van der Waals surface area contributed by atoms with Crippen molar-refractivity contribution in [2.75, 3.05) is 10.6 Å². The van der Waals surface area contributed by atoms with E-state index in [-0.39, 0.29) is 17.1 Å². The van der Waals surface area contributed by atoms with Crippen LogP contribution in [0.25, 0.3) is 0 Å². The summed E-state index contributed by atoms with van der Waals surface area (Å²) < 4.78 is 97.0. The van der Waals surface area contributed by atoms with Crippen molar-refractivity contribution in [3.63, 3.8) is 0 Å². The zero-order chi connectivity index (χ0) is 37.4. The molecule has 0 radical (unpaired) electrons. The minimum atomic E-state index is -5.05. The molecule has 3 aromatic rings. The van der Waals surface area contributed by atoms with Crippen LogP contribution < -0.4 is 20.1 Å². The largest absolute Gasteiger partial charge is 0.481 e. The van der Waals surface area contributed by atoms with Crippen LogP contribution in [0.2, 0.25) is 0 Å². The molecule has 16 heteroatoms. The van der Waals surface area contributed by atoms with Crippen molar-refractivity contribution < 1.29 is 65.2 Å². The van der Waals surface area contributed by atoms with E-state index in [2.05, 4.69) is 10.6 Å². The summed E-state index contributed by atoms with van der Waals surface area (Å²) in [5.74, 6) is -6.29. The number of carbonyl (C=O) groups excluding carboxylic acids is 2. The smallest absolute Gasteiger partial charge is 0.421 e. The number of hydrogen-bond donors (Lipinski definition) is 4. The Balaban J connectivity index is 2.02. The van der Waals surface area contributed by atoms with Crippen LogP contribution in [0.4, 0.5) is 37.7 Å². The summed E-state index contributed by atoms with van der Waals surface area (Å²) in [6, 6.07) is 9.94. The first kappa shape index (κ1) is 38.6. The minimum absolute atomic E-state index is 0.120. The first-order chi connectivity index (χ1) is 23.2. The second-order valence-electron chi connectivity index (χ2n) is 11.4. The monoisotopic (exact) mass is 708 g/mol. The van der Waals surface area contributed by atoms with Crippen molar-refractivity contribution in [1.29, 1.82) is 0 Å². The van der Waals surface area contributed by atoms with E-state index in [0.717, 1.165) is 54.6 Å². The molecule has 0 unspecified atom stereocenters. The van der Waals surface area contributed by atoms with Crippen LogP contribution in [0.1, 0.15) is 50.3 Å². The van der Waals surface area contributed by atoms with Gasteiger partial charge >= 0.3 is 24.3 Å². The molecule has 0 heterocycles.